The first kappa shape index (κ1) is 15.4. The second-order valence-corrected chi connectivity index (χ2v) is 4.75. The van der Waals surface area contributed by atoms with E-state index in [1.54, 1.807) is 18.2 Å². The molecule has 2 aromatic carbocycles. The summed E-state index contributed by atoms with van der Waals surface area (Å²) in [5.41, 5.74) is 1.23. The second-order valence-electron chi connectivity index (χ2n) is 4.34. The average Bonchev–Trinajstić information content (AvgIpc) is 2.46. The first-order valence-electron chi connectivity index (χ1n) is 6.45. The molecule has 108 valence electrons. The van der Waals surface area contributed by atoms with Gasteiger partial charge < -0.3 is 9.84 Å². The van der Waals surface area contributed by atoms with Gasteiger partial charge in [0.05, 0.1) is 11.6 Å². The lowest BCUT2D eigenvalue weighted by molar-refractivity contribution is 0.305. The van der Waals surface area contributed by atoms with E-state index in [1.807, 2.05) is 12.1 Å². The summed E-state index contributed by atoms with van der Waals surface area (Å²) in [6, 6.07) is 11.6. The molecule has 0 unspecified atom stereocenters. The van der Waals surface area contributed by atoms with E-state index in [4.69, 9.17) is 21.4 Å². The molecule has 0 saturated carbocycles. The number of hydrogen-bond acceptors (Lipinski definition) is 2. The molecule has 2 nitrogen and oxygen atoms in total. The van der Waals surface area contributed by atoms with E-state index in [9.17, 15) is 4.39 Å². The number of halogens is 2. The fourth-order valence-electron chi connectivity index (χ4n) is 1.75. The van der Waals surface area contributed by atoms with E-state index in [-0.39, 0.29) is 19.0 Å². The zero-order chi connectivity index (χ0) is 15.1. The molecule has 0 spiro atoms. The van der Waals surface area contributed by atoms with Crippen LogP contribution in [0.25, 0.3) is 0 Å². The molecule has 0 aliphatic rings. The van der Waals surface area contributed by atoms with Crippen molar-refractivity contribution in [3.8, 4) is 17.6 Å². The predicted molar refractivity (Wildman–Crippen MR) is 80.8 cm³/mol. The maximum absolute atomic E-state index is 13.5. The highest BCUT2D eigenvalue weighted by atomic mass is 35.5. The van der Waals surface area contributed by atoms with Crippen LogP contribution in [-0.4, -0.2) is 11.7 Å². The summed E-state index contributed by atoms with van der Waals surface area (Å²) in [6.07, 6.45) is 0.363. The van der Waals surface area contributed by atoms with Crippen LogP contribution in [0.3, 0.4) is 0 Å². The third-order valence-electron chi connectivity index (χ3n) is 2.66. The Bertz CT molecular complexity index is 674. The van der Waals surface area contributed by atoms with Gasteiger partial charge in [-0.1, -0.05) is 35.6 Å². The molecular formula is C17H14ClFO2. The summed E-state index contributed by atoms with van der Waals surface area (Å²) in [6.45, 7) is 0.195. The molecule has 2 rings (SSSR count). The largest absolute Gasteiger partial charge is 0.487 e. The predicted octanol–water partition coefficient (Wildman–Crippen LogP) is 3.79. The maximum atomic E-state index is 13.5. The van der Waals surface area contributed by atoms with Gasteiger partial charge in [0.2, 0.25) is 0 Å². The minimum absolute atomic E-state index is 0.00914. The number of hydrogen-bond donors (Lipinski definition) is 1. The van der Waals surface area contributed by atoms with Crippen LogP contribution in [0, 0.1) is 17.7 Å². The lowest BCUT2D eigenvalue weighted by Crippen LogP contribution is -1.97. The van der Waals surface area contributed by atoms with Gasteiger partial charge in [0.15, 0.2) is 0 Å². The van der Waals surface area contributed by atoms with Crippen molar-refractivity contribution in [2.24, 2.45) is 0 Å². The average molecular weight is 305 g/mol. The van der Waals surface area contributed by atoms with Gasteiger partial charge in [0.25, 0.3) is 0 Å². The van der Waals surface area contributed by atoms with E-state index in [0.29, 0.717) is 28.3 Å². The zero-order valence-corrected chi connectivity index (χ0v) is 12.0. The van der Waals surface area contributed by atoms with Gasteiger partial charge in [-0.2, -0.15) is 0 Å². The van der Waals surface area contributed by atoms with Crippen LogP contribution in [-0.2, 0) is 6.61 Å². The Morgan fingerprint density at radius 3 is 2.76 bits per heavy atom. The molecule has 0 bridgehead atoms. The van der Waals surface area contributed by atoms with Gasteiger partial charge in [0.1, 0.15) is 18.2 Å². The molecule has 0 aliphatic carbocycles. The molecule has 0 aromatic heterocycles. The summed E-state index contributed by atoms with van der Waals surface area (Å²) < 4.78 is 19.1. The van der Waals surface area contributed by atoms with Crippen molar-refractivity contribution >= 4 is 11.6 Å². The third kappa shape index (κ3) is 4.78. The van der Waals surface area contributed by atoms with Crippen molar-refractivity contribution < 1.29 is 14.2 Å². The fourth-order valence-corrected chi connectivity index (χ4v) is 1.94. The SMILES string of the molecule is OCCC#Cc1cc(F)cc(COc2ccccc2Cl)c1. The monoisotopic (exact) mass is 304 g/mol. The van der Waals surface area contributed by atoms with Crippen LogP contribution < -0.4 is 4.74 Å². The van der Waals surface area contributed by atoms with Crippen molar-refractivity contribution in [2.45, 2.75) is 13.0 Å². The van der Waals surface area contributed by atoms with Gasteiger partial charge in [-0.15, -0.1) is 0 Å². The molecule has 0 aliphatic heterocycles. The van der Waals surface area contributed by atoms with Gasteiger partial charge in [0, 0.05) is 12.0 Å². The van der Waals surface area contributed by atoms with Crippen LogP contribution >= 0.6 is 11.6 Å². The highest BCUT2D eigenvalue weighted by molar-refractivity contribution is 6.32. The Morgan fingerprint density at radius 2 is 2.00 bits per heavy atom. The number of aliphatic hydroxyl groups excluding tert-OH is 1. The lowest BCUT2D eigenvalue weighted by atomic mass is 10.1. The van der Waals surface area contributed by atoms with Gasteiger partial charge in [-0.3, -0.25) is 0 Å². The highest BCUT2D eigenvalue weighted by Gasteiger charge is 2.03. The maximum Gasteiger partial charge on any atom is 0.138 e. The number of para-hydroxylation sites is 1. The minimum Gasteiger partial charge on any atom is -0.487 e. The summed E-state index contributed by atoms with van der Waals surface area (Å²) in [5, 5.41) is 9.19. The van der Waals surface area contributed by atoms with E-state index in [0.717, 1.165) is 0 Å². The van der Waals surface area contributed by atoms with Crippen molar-refractivity contribution in [3.05, 3.63) is 64.4 Å². The second kappa shape index (κ2) is 7.68. The molecule has 0 fully saturated rings. The first-order chi connectivity index (χ1) is 10.2. The fraction of sp³-hybridized carbons (Fsp3) is 0.176. The molecular weight excluding hydrogens is 291 g/mol. The summed E-state index contributed by atoms with van der Waals surface area (Å²) in [7, 11) is 0. The lowest BCUT2D eigenvalue weighted by Gasteiger charge is -2.08. The van der Waals surface area contributed by atoms with Crippen LogP contribution in [0.1, 0.15) is 17.5 Å². The topological polar surface area (TPSA) is 29.5 Å². The molecule has 1 N–H and O–H groups in total. The number of ether oxygens (including phenoxy) is 1. The molecule has 21 heavy (non-hydrogen) atoms. The number of rotatable bonds is 4. The molecule has 0 radical (unpaired) electrons. The molecule has 0 amide bonds. The van der Waals surface area contributed by atoms with Crippen LogP contribution in [0.5, 0.6) is 5.75 Å². The number of aliphatic hydroxyl groups is 1. The van der Waals surface area contributed by atoms with E-state index in [2.05, 4.69) is 11.8 Å². The van der Waals surface area contributed by atoms with Crippen LogP contribution in [0.2, 0.25) is 5.02 Å². The Morgan fingerprint density at radius 1 is 1.19 bits per heavy atom. The molecule has 0 atom stereocenters. The minimum atomic E-state index is -0.372. The van der Waals surface area contributed by atoms with E-state index >= 15 is 0 Å². The quantitative estimate of drug-likeness (QED) is 0.871. The van der Waals surface area contributed by atoms with E-state index in [1.165, 1.54) is 12.1 Å². The van der Waals surface area contributed by atoms with Gasteiger partial charge in [-0.25, -0.2) is 4.39 Å². The highest BCUT2D eigenvalue weighted by Crippen LogP contribution is 2.24. The Hall–Kier alpha value is -2.02. The third-order valence-corrected chi connectivity index (χ3v) is 2.97. The Balaban J connectivity index is 2.10. The standard InChI is InChI=1S/C17H14ClFO2/c18-16-6-1-2-7-17(16)21-12-14-9-13(5-3-4-8-20)10-15(19)11-14/h1-2,6-7,9-11,20H,4,8,12H2. The smallest absolute Gasteiger partial charge is 0.138 e. The van der Waals surface area contributed by atoms with Crippen molar-refractivity contribution in [1.29, 1.82) is 0 Å². The summed E-state index contributed by atoms with van der Waals surface area (Å²) in [4.78, 5) is 0. The molecule has 0 saturated heterocycles. The summed E-state index contributed by atoms with van der Waals surface area (Å²) in [5.74, 6) is 5.75. The molecule has 0 heterocycles. The number of benzene rings is 2. The van der Waals surface area contributed by atoms with Crippen LogP contribution in [0.4, 0.5) is 4.39 Å². The first-order valence-corrected chi connectivity index (χ1v) is 6.83. The zero-order valence-electron chi connectivity index (χ0n) is 11.3. The van der Waals surface area contributed by atoms with Gasteiger partial charge >= 0.3 is 0 Å². The van der Waals surface area contributed by atoms with E-state index < -0.39 is 0 Å². The summed E-state index contributed by atoms with van der Waals surface area (Å²) >= 11 is 5.99. The van der Waals surface area contributed by atoms with Crippen molar-refractivity contribution in [1.82, 2.24) is 0 Å². The Labute approximate surface area is 128 Å². The van der Waals surface area contributed by atoms with Gasteiger partial charge in [-0.05, 0) is 35.9 Å². The molecule has 4 heteroatoms. The molecule has 2 aromatic rings. The van der Waals surface area contributed by atoms with Crippen LogP contribution in [0.15, 0.2) is 42.5 Å². The Kier molecular flexibility index (Phi) is 5.62. The van der Waals surface area contributed by atoms with Crippen molar-refractivity contribution in [2.75, 3.05) is 6.61 Å². The van der Waals surface area contributed by atoms with Crippen molar-refractivity contribution in [3.63, 3.8) is 0 Å². The normalized spacial score (nSPS) is 9.86.